The summed E-state index contributed by atoms with van der Waals surface area (Å²) in [5.41, 5.74) is 2.14. The average molecular weight is 288 g/mol. The fourth-order valence-electron chi connectivity index (χ4n) is 2.48. The second-order valence-corrected chi connectivity index (χ2v) is 6.23. The van der Waals surface area contributed by atoms with Crippen molar-refractivity contribution in [2.24, 2.45) is 0 Å². The summed E-state index contributed by atoms with van der Waals surface area (Å²) in [6.07, 6.45) is 5.84. The van der Waals surface area contributed by atoms with Gasteiger partial charge in [-0.2, -0.15) is 0 Å². The van der Waals surface area contributed by atoms with Gasteiger partial charge in [-0.05, 0) is 38.3 Å². The maximum Gasteiger partial charge on any atom is 0.128 e. The van der Waals surface area contributed by atoms with E-state index in [-0.39, 0.29) is 0 Å². The number of anilines is 2. The van der Waals surface area contributed by atoms with Crippen LogP contribution >= 0.6 is 11.3 Å². The minimum atomic E-state index is 0.759. The number of hydrogen-bond acceptors (Lipinski definition) is 5. The van der Waals surface area contributed by atoms with E-state index in [0.717, 1.165) is 41.8 Å². The van der Waals surface area contributed by atoms with E-state index in [9.17, 15) is 0 Å². The van der Waals surface area contributed by atoms with Gasteiger partial charge in [0.2, 0.25) is 0 Å². The molecule has 4 nitrogen and oxygen atoms in total. The Kier molecular flexibility index (Phi) is 4.16. The molecular formula is C15H20N4S. The molecule has 3 rings (SSSR count). The van der Waals surface area contributed by atoms with E-state index in [1.165, 1.54) is 19.3 Å². The molecule has 3 heterocycles. The summed E-state index contributed by atoms with van der Waals surface area (Å²) in [5, 5.41) is 6.57. The van der Waals surface area contributed by atoms with Crippen molar-refractivity contribution < 1.29 is 0 Å². The second kappa shape index (κ2) is 6.22. The molecule has 1 N–H and O–H groups in total. The van der Waals surface area contributed by atoms with Gasteiger partial charge in [-0.1, -0.05) is 0 Å². The Hall–Kier alpha value is -1.62. The van der Waals surface area contributed by atoms with Crippen LogP contribution in [0.2, 0.25) is 0 Å². The van der Waals surface area contributed by atoms with E-state index in [1.807, 2.05) is 13.1 Å². The van der Waals surface area contributed by atoms with Crippen LogP contribution in [0.3, 0.4) is 0 Å². The molecule has 0 aliphatic carbocycles. The second-order valence-electron chi connectivity index (χ2n) is 5.16. The maximum atomic E-state index is 4.57. The van der Waals surface area contributed by atoms with Gasteiger partial charge in [-0.15, -0.1) is 11.3 Å². The Balaban J connectivity index is 1.58. The highest BCUT2D eigenvalue weighted by Gasteiger charge is 2.11. The summed E-state index contributed by atoms with van der Waals surface area (Å²) in [6.45, 7) is 5.06. The quantitative estimate of drug-likeness (QED) is 0.935. The van der Waals surface area contributed by atoms with Crippen LogP contribution in [0.25, 0.3) is 0 Å². The lowest BCUT2D eigenvalue weighted by atomic mass is 10.1. The van der Waals surface area contributed by atoms with Gasteiger partial charge in [0, 0.05) is 18.5 Å². The largest absolute Gasteiger partial charge is 0.378 e. The molecule has 1 aliphatic heterocycles. The fraction of sp³-hybridized carbons (Fsp3) is 0.467. The van der Waals surface area contributed by atoms with E-state index >= 15 is 0 Å². The minimum absolute atomic E-state index is 0.759. The highest BCUT2D eigenvalue weighted by Crippen LogP contribution is 2.19. The van der Waals surface area contributed by atoms with E-state index in [4.69, 9.17) is 0 Å². The third-order valence-corrected chi connectivity index (χ3v) is 4.39. The molecule has 0 atom stereocenters. The Labute approximate surface area is 123 Å². The topological polar surface area (TPSA) is 41.1 Å². The number of rotatable bonds is 4. The Bertz CT molecular complexity index is 543. The highest BCUT2D eigenvalue weighted by molar-refractivity contribution is 7.09. The number of aromatic nitrogens is 2. The number of aryl methyl sites for hydroxylation is 1. The summed E-state index contributed by atoms with van der Waals surface area (Å²) in [5.74, 6) is 1.10. The molecule has 0 amide bonds. The smallest absolute Gasteiger partial charge is 0.128 e. The number of hydrogen-bond donors (Lipinski definition) is 1. The number of thiazole rings is 1. The molecular weight excluding hydrogens is 268 g/mol. The molecule has 2 aromatic heterocycles. The summed E-state index contributed by atoms with van der Waals surface area (Å²) in [6, 6.07) is 4.22. The fourth-order valence-corrected chi connectivity index (χ4v) is 3.10. The lowest BCUT2D eigenvalue weighted by Gasteiger charge is -2.27. The summed E-state index contributed by atoms with van der Waals surface area (Å²) in [4.78, 5) is 11.4. The van der Waals surface area contributed by atoms with Crippen LogP contribution in [0.15, 0.2) is 23.7 Å². The van der Waals surface area contributed by atoms with Crippen LogP contribution in [0.4, 0.5) is 11.5 Å². The van der Waals surface area contributed by atoms with Crippen molar-refractivity contribution in [1.82, 2.24) is 9.97 Å². The number of nitrogens with zero attached hydrogens (tertiary/aromatic N) is 3. The van der Waals surface area contributed by atoms with E-state index in [1.54, 1.807) is 11.3 Å². The van der Waals surface area contributed by atoms with Crippen molar-refractivity contribution in [2.45, 2.75) is 32.7 Å². The predicted molar refractivity (Wildman–Crippen MR) is 84.5 cm³/mol. The van der Waals surface area contributed by atoms with E-state index in [2.05, 4.69) is 37.7 Å². The van der Waals surface area contributed by atoms with Crippen molar-refractivity contribution >= 4 is 22.8 Å². The molecule has 0 spiro atoms. The normalized spacial score (nSPS) is 15.3. The molecule has 1 fully saturated rings. The summed E-state index contributed by atoms with van der Waals surface area (Å²) >= 11 is 1.69. The molecule has 0 bridgehead atoms. The van der Waals surface area contributed by atoms with Crippen molar-refractivity contribution in [1.29, 1.82) is 0 Å². The van der Waals surface area contributed by atoms with Crippen molar-refractivity contribution in [2.75, 3.05) is 23.3 Å². The zero-order chi connectivity index (χ0) is 13.8. The van der Waals surface area contributed by atoms with Gasteiger partial charge in [-0.25, -0.2) is 9.97 Å². The zero-order valence-electron chi connectivity index (χ0n) is 11.8. The Morgan fingerprint density at radius 1 is 1.25 bits per heavy atom. The van der Waals surface area contributed by atoms with Crippen LogP contribution in [0.1, 0.15) is 30.0 Å². The van der Waals surface area contributed by atoms with Crippen molar-refractivity contribution in [3.8, 4) is 0 Å². The van der Waals surface area contributed by atoms with Gasteiger partial charge in [-0.3, -0.25) is 0 Å². The molecule has 0 radical (unpaired) electrons. The van der Waals surface area contributed by atoms with E-state index in [0.29, 0.717) is 0 Å². The van der Waals surface area contributed by atoms with Gasteiger partial charge in [0.25, 0.3) is 0 Å². The Morgan fingerprint density at radius 3 is 2.75 bits per heavy atom. The maximum absolute atomic E-state index is 4.57. The third kappa shape index (κ3) is 3.28. The molecule has 2 aromatic rings. The number of pyridine rings is 1. The first-order valence-corrected chi connectivity index (χ1v) is 8.05. The monoisotopic (exact) mass is 288 g/mol. The van der Waals surface area contributed by atoms with Crippen molar-refractivity contribution in [3.05, 3.63) is 34.4 Å². The molecule has 0 aromatic carbocycles. The molecule has 0 saturated carbocycles. The Morgan fingerprint density at radius 2 is 2.10 bits per heavy atom. The van der Waals surface area contributed by atoms with Gasteiger partial charge >= 0.3 is 0 Å². The summed E-state index contributed by atoms with van der Waals surface area (Å²) in [7, 11) is 0. The van der Waals surface area contributed by atoms with Crippen LogP contribution < -0.4 is 10.2 Å². The third-order valence-electron chi connectivity index (χ3n) is 3.57. The zero-order valence-corrected chi connectivity index (χ0v) is 12.6. The van der Waals surface area contributed by atoms with Gasteiger partial charge < -0.3 is 10.2 Å². The van der Waals surface area contributed by atoms with Gasteiger partial charge in [0.1, 0.15) is 5.82 Å². The molecule has 106 valence electrons. The minimum Gasteiger partial charge on any atom is -0.378 e. The average Bonchev–Trinajstić information content (AvgIpc) is 2.92. The van der Waals surface area contributed by atoms with E-state index < -0.39 is 0 Å². The highest BCUT2D eigenvalue weighted by atomic mass is 32.1. The molecule has 1 saturated heterocycles. The first-order chi connectivity index (χ1) is 9.81. The van der Waals surface area contributed by atoms with Crippen molar-refractivity contribution in [3.63, 3.8) is 0 Å². The first kappa shape index (κ1) is 13.4. The molecule has 0 unspecified atom stereocenters. The first-order valence-electron chi connectivity index (χ1n) is 7.17. The number of piperidine rings is 1. The van der Waals surface area contributed by atoms with Crippen LogP contribution in [-0.2, 0) is 6.54 Å². The lowest BCUT2D eigenvalue weighted by Crippen LogP contribution is -2.30. The van der Waals surface area contributed by atoms with Crippen LogP contribution in [0.5, 0.6) is 0 Å². The van der Waals surface area contributed by atoms with Gasteiger partial charge in [0.15, 0.2) is 0 Å². The summed E-state index contributed by atoms with van der Waals surface area (Å²) < 4.78 is 0. The lowest BCUT2D eigenvalue weighted by molar-refractivity contribution is 0.573. The molecule has 1 aliphatic rings. The van der Waals surface area contributed by atoms with Crippen LogP contribution in [0, 0.1) is 6.92 Å². The molecule has 20 heavy (non-hydrogen) atoms. The predicted octanol–water partition coefficient (Wildman–Crippen LogP) is 3.45. The SMILES string of the molecule is Cc1nc(CNc2ccc(N3CCCCC3)nc2)cs1. The standard InChI is InChI=1S/C15H20N4S/c1-12-18-14(11-20-12)10-16-13-5-6-15(17-9-13)19-7-3-2-4-8-19/h5-6,9,11,16H,2-4,7-8,10H2,1H3. The number of nitrogens with one attached hydrogen (secondary N) is 1. The van der Waals surface area contributed by atoms with Crippen LogP contribution in [-0.4, -0.2) is 23.1 Å². The van der Waals surface area contributed by atoms with Gasteiger partial charge in [0.05, 0.1) is 29.1 Å². The molecule has 5 heteroatoms.